The minimum absolute atomic E-state index is 0.147. The van der Waals surface area contributed by atoms with Crippen LogP contribution in [0, 0.1) is 13.8 Å². The summed E-state index contributed by atoms with van der Waals surface area (Å²) in [5, 5.41) is 0. The second kappa shape index (κ2) is 4.47. The van der Waals surface area contributed by atoms with Gasteiger partial charge in [-0.25, -0.2) is 0 Å². The molecule has 1 fully saturated rings. The first-order valence-electron chi connectivity index (χ1n) is 6.46. The highest BCUT2D eigenvalue weighted by Gasteiger charge is 2.49. The van der Waals surface area contributed by atoms with E-state index >= 15 is 0 Å². The van der Waals surface area contributed by atoms with Crippen molar-refractivity contribution in [3.8, 4) is 11.5 Å². The van der Waals surface area contributed by atoms with Gasteiger partial charge in [-0.2, -0.15) is 0 Å². The fourth-order valence-corrected chi connectivity index (χ4v) is 3.17. The van der Waals surface area contributed by atoms with Crippen LogP contribution in [-0.2, 0) is 5.41 Å². The Morgan fingerprint density at radius 3 is 2.22 bits per heavy atom. The molecule has 3 nitrogen and oxygen atoms in total. The van der Waals surface area contributed by atoms with Gasteiger partial charge in [-0.15, -0.1) is 0 Å². The van der Waals surface area contributed by atoms with Crippen LogP contribution in [0.5, 0.6) is 11.5 Å². The quantitative estimate of drug-likeness (QED) is 0.892. The summed E-state index contributed by atoms with van der Waals surface area (Å²) in [5.74, 6) is 1.64. The molecule has 18 heavy (non-hydrogen) atoms. The highest BCUT2D eigenvalue weighted by molar-refractivity contribution is 5.58. The molecule has 1 aliphatic carbocycles. The molecule has 1 saturated carbocycles. The molecule has 2 N–H and O–H groups in total. The summed E-state index contributed by atoms with van der Waals surface area (Å²) in [7, 11) is 3.37. The third-order valence-electron chi connectivity index (χ3n) is 4.26. The minimum Gasteiger partial charge on any atom is -0.493 e. The average Bonchev–Trinajstić information content (AvgIpc) is 3.09. The van der Waals surface area contributed by atoms with E-state index < -0.39 is 0 Å². The number of methoxy groups -OCH3 is 2. The van der Waals surface area contributed by atoms with Crippen LogP contribution < -0.4 is 15.2 Å². The lowest BCUT2D eigenvalue weighted by molar-refractivity contribution is 0.351. The fourth-order valence-electron chi connectivity index (χ4n) is 3.17. The largest absolute Gasteiger partial charge is 0.493 e. The standard InChI is InChI=1S/C15H23NO2/c1-9-8-12(17-4)14(18-5)10(2)13(9)15(6-7-15)11(3)16/h8,11H,6-7,16H2,1-5H3. The highest BCUT2D eigenvalue weighted by atomic mass is 16.5. The van der Waals surface area contributed by atoms with Crippen LogP contribution in [0.1, 0.15) is 36.5 Å². The number of aryl methyl sites for hydroxylation is 1. The average molecular weight is 249 g/mol. The van der Waals surface area contributed by atoms with Gasteiger partial charge in [0.25, 0.3) is 0 Å². The van der Waals surface area contributed by atoms with E-state index in [1.165, 1.54) is 29.5 Å². The van der Waals surface area contributed by atoms with Crippen LogP contribution >= 0.6 is 0 Å². The Morgan fingerprint density at radius 2 is 1.83 bits per heavy atom. The third-order valence-corrected chi connectivity index (χ3v) is 4.26. The van der Waals surface area contributed by atoms with Crippen LogP contribution in [0.2, 0.25) is 0 Å². The van der Waals surface area contributed by atoms with E-state index in [1.54, 1.807) is 14.2 Å². The molecule has 1 aromatic rings. The van der Waals surface area contributed by atoms with E-state index in [0.717, 1.165) is 11.5 Å². The first kappa shape index (κ1) is 13.2. The van der Waals surface area contributed by atoms with E-state index in [2.05, 4.69) is 26.8 Å². The molecule has 0 amide bonds. The van der Waals surface area contributed by atoms with Gasteiger partial charge in [0.05, 0.1) is 14.2 Å². The van der Waals surface area contributed by atoms with Crippen LogP contribution in [0.3, 0.4) is 0 Å². The molecule has 3 heteroatoms. The monoisotopic (exact) mass is 249 g/mol. The topological polar surface area (TPSA) is 44.5 Å². The zero-order chi connectivity index (χ0) is 13.5. The predicted molar refractivity (Wildman–Crippen MR) is 73.6 cm³/mol. The molecule has 1 atom stereocenters. The lowest BCUT2D eigenvalue weighted by Gasteiger charge is -2.26. The summed E-state index contributed by atoms with van der Waals surface area (Å²) < 4.78 is 10.9. The van der Waals surface area contributed by atoms with E-state index in [4.69, 9.17) is 15.2 Å². The van der Waals surface area contributed by atoms with Gasteiger partial charge in [-0.05, 0) is 56.4 Å². The van der Waals surface area contributed by atoms with E-state index in [0.29, 0.717) is 0 Å². The zero-order valence-corrected chi connectivity index (χ0v) is 12.0. The molecule has 1 aromatic carbocycles. The summed E-state index contributed by atoms with van der Waals surface area (Å²) >= 11 is 0. The number of ether oxygens (including phenoxy) is 2. The van der Waals surface area contributed by atoms with Gasteiger partial charge in [-0.3, -0.25) is 0 Å². The number of rotatable bonds is 4. The van der Waals surface area contributed by atoms with Crippen LogP contribution in [-0.4, -0.2) is 20.3 Å². The molecule has 100 valence electrons. The van der Waals surface area contributed by atoms with Crippen molar-refractivity contribution >= 4 is 0 Å². The highest BCUT2D eigenvalue weighted by Crippen LogP contribution is 2.54. The van der Waals surface area contributed by atoms with Crippen molar-refractivity contribution in [1.29, 1.82) is 0 Å². The van der Waals surface area contributed by atoms with Crippen LogP contribution in [0.4, 0.5) is 0 Å². The molecule has 0 spiro atoms. The first-order valence-corrected chi connectivity index (χ1v) is 6.46. The van der Waals surface area contributed by atoms with Crippen molar-refractivity contribution in [1.82, 2.24) is 0 Å². The Morgan fingerprint density at radius 1 is 1.22 bits per heavy atom. The second-order valence-electron chi connectivity index (χ2n) is 5.37. The lowest BCUT2D eigenvalue weighted by atomic mass is 9.83. The normalized spacial score (nSPS) is 18.3. The molecule has 0 bridgehead atoms. The van der Waals surface area contributed by atoms with Crippen molar-refractivity contribution in [2.75, 3.05) is 14.2 Å². The van der Waals surface area contributed by atoms with Gasteiger partial charge < -0.3 is 15.2 Å². The Hall–Kier alpha value is -1.22. The minimum atomic E-state index is 0.147. The van der Waals surface area contributed by atoms with Crippen LogP contribution in [0.15, 0.2) is 6.07 Å². The van der Waals surface area contributed by atoms with E-state index in [1.807, 2.05) is 0 Å². The molecule has 0 saturated heterocycles. The van der Waals surface area contributed by atoms with Gasteiger partial charge in [-0.1, -0.05) is 0 Å². The number of benzene rings is 1. The third kappa shape index (κ3) is 1.77. The van der Waals surface area contributed by atoms with Gasteiger partial charge in [0.2, 0.25) is 0 Å². The molecular weight excluding hydrogens is 226 g/mol. The molecule has 0 aromatic heterocycles. The molecule has 2 rings (SSSR count). The predicted octanol–water partition coefficient (Wildman–Crippen LogP) is 2.70. The molecule has 1 aliphatic rings. The number of hydrogen-bond donors (Lipinski definition) is 1. The van der Waals surface area contributed by atoms with Gasteiger partial charge >= 0.3 is 0 Å². The molecule has 0 aliphatic heterocycles. The summed E-state index contributed by atoms with van der Waals surface area (Å²) in [4.78, 5) is 0. The van der Waals surface area contributed by atoms with Crippen molar-refractivity contribution in [3.05, 3.63) is 22.8 Å². The lowest BCUT2D eigenvalue weighted by Crippen LogP contribution is -2.33. The van der Waals surface area contributed by atoms with Gasteiger partial charge in [0.15, 0.2) is 11.5 Å². The van der Waals surface area contributed by atoms with E-state index in [-0.39, 0.29) is 11.5 Å². The van der Waals surface area contributed by atoms with Crippen molar-refractivity contribution in [2.45, 2.75) is 45.1 Å². The molecular formula is C15H23NO2. The summed E-state index contributed by atoms with van der Waals surface area (Å²) in [6.45, 7) is 6.33. The summed E-state index contributed by atoms with van der Waals surface area (Å²) in [6.07, 6.45) is 2.34. The molecule has 0 heterocycles. The first-order chi connectivity index (χ1) is 8.47. The Balaban J connectivity index is 2.62. The zero-order valence-electron chi connectivity index (χ0n) is 12.0. The SMILES string of the molecule is COc1cc(C)c(C2(C(C)N)CC2)c(C)c1OC. The summed E-state index contributed by atoms with van der Waals surface area (Å²) in [6, 6.07) is 2.23. The smallest absolute Gasteiger partial charge is 0.163 e. The van der Waals surface area contributed by atoms with Gasteiger partial charge in [0.1, 0.15) is 0 Å². The maximum Gasteiger partial charge on any atom is 0.163 e. The molecule has 1 unspecified atom stereocenters. The fraction of sp³-hybridized carbons (Fsp3) is 0.600. The van der Waals surface area contributed by atoms with Crippen molar-refractivity contribution in [2.24, 2.45) is 5.73 Å². The van der Waals surface area contributed by atoms with Crippen molar-refractivity contribution in [3.63, 3.8) is 0 Å². The number of hydrogen-bond acceptors (Lipinski definition) is 3. The molecule has 0 radical (unpaired) electrons. The van der Waals surface area contributed by atoms with Gasteiger partial charge in [0, 0.05) is 11.5 Å². The Kier molecular flexibility index (Phi) is 3.28. The number of nitrogens with two attached hydrogens (primary N) is 1. The van der Waals surface area contributed by atoms with Crippen molar-refractivity contribution < 1.29 is 9.47 Å². The maximum atomic E-state index is 6.19. The van der Waals surface area contributed by atoms with Crippen LogP contribution in [0.25, 0.3) is 0 Å². The van der Waals surface area contributed by atoms with E-state index in [9.17, 15) is 0 Å². The summed E-state index contributed by atoms with van der Waals surface area (Å²) in [5.41, 5.74) is 10.1. The maximum absolute atomic E-state index is 6.19. The Bertz CT molecular complexity index is 462. The Labute approximate surface area is 109 Å². The second-order valence-corrected chi connectivity index (χ2v) is 5.37.